The number of alkyl halides is 2. The molecule has 0 aromatic heterocycles. The highest BCUT2D eigenvalue weighted by Gasteiger charge is 1.86. The highest BCUT2D eigenvalue weighted by atomic mass is 79.9. The second-order valence-corrected chi connectivity index (χ2v) is 1.61. The lowest BCUT2D eigenvalue weighted by atomic mass is 10.2. The summed E-state index contributed by atoms with van der Waals surface area (Å²) >= 11 is 4.47. The Labute approximate surface area is 94.3 Å². The molecule has 56 valence electrons. The maximum absolute atomic E-state index is 7.66. The van der Waals surface area contributed by atoms with Crippen LogP contribution in [0, 0.1) is 0 Å². The summed E-state index contributed by atoms with van der Waals surface area (Å²) < 4.78 is 105. The summed E-state index contributed by atoms with van der Waals surface area (Å²) in [4.78, 5) is 0. The zero-order valence-electron chi connectivity index (χ0n) is 18.3. The van der Waals surface area contributed by atoms with Gasteiger partial charge >= 0.3 is 0 Å². The molecule has 0 nitrogen and oxygen atoms in total. The minimum atomic E-state index is -3.95. The summed E-state index contributed by atoms with van der Waals surface area (Å²) in [5.74, 6) is 0. The average molecular weight is 272 g/mol. The van der Waals surface area contributed by atoms with E-state index >= 15 is 0 Å². The molecule has 0 heterocycles. The van der Waals surface area contributed by atoms with Crippen molar-refractivity contribution in [2.45, 2.75) is 31.9 Å². The lowest BCUT2D eigenvalue weighted by Gasteiger charge is -1.95. The quantitative estimate of drug-likeness (QED) is 0.646. The van der Waals surface area contributed by atoms with Gasteiger partial charge in [0.05, 0.1) is 0 Å². The molecule has 0 N–H and O–H groups in total. The molecular weight excluding hydrogens is 244 g/mol. The smallest absolute Gasteiger partial charge is 0.0387 e. The van der Waals surface area contributed by atoms with Gasteiger partial charge in [-0.2, -0.15) is 0 Å². The van der Waals surface area contributed by atoms with Gasteiger partial charge in [-0.05, 0) is 12.7 Å². The van der Waals surface area contributed by atoms with E-state index in [1.54, 1.807) is 0 Å². The Bertz CT molecular complexity index is 403. The van der Waals surface area contributed by atoms with Crippen LogP contribution >= 0.6 is 31.9 Å². The van der Waals surface area contributed by atoms with Crippen LogP contribution in [0.2, 0.25) is 0 Å². The van der Waals surface area contributed by atoms with Crippen molar-refractivity contribution in [2.24, 2.45) is 0 Å². The molecule has 0 aliphatic carbocycles. The molecule has 0 aromatic rings. The second kappa shape index (κ2) is 8.96. The fraction of sp³-hybridized carbons (Fsp3) is 1.00. The van der Waals surface area contributed by atoms with Crippen molar-refractivity contribution >= 4 is 31.9 Å². The van der Waals surface area contributed by atoms with Crippen LogP contribution in [0.3, 0.4) is 0 Å². The third-order valence-electron chi connectivity index (χ3n) is 0.344. The maximum Gasteiger partial charge on any atom is 0.0387 e. The Kier molecular flexibility index (Phi) is 1.51. The molecule has 0 saturated carbocycles. The Morgan fingerprint density at radius 2 is 1.11 bits per heavy atom. The zero-order chi connectivity index (χ0) is 19.5. The van der Waals surface area contributed by atoms with Gasteiger partial charge in [-0.15, -0.1) is 0 Å². The molecule has 2 heteroatoms. The van der Waals surface area contributed by atoms with E-state index in [4.69, 9.17) is 19.2 Å². The molecule has 0 aliphatic rings. The molecule has 0 spiro atoms. The summed E-state index contributed by atoms with van der Waals surface area (Å²) in [7, 11) is 0. The van der Waals surface area contributed by atoms with Gasteiger partial charge in [-0.3, -0.25) is 0 Å². The summed E-state index contributed by atoms with van der Waals surface area (Å²) in [5, 5.41) is -6.21. The zero-order valence-corrected chi connectivity index (χ0v) is 7.43. The van der Waals surface area contributed by atoms with Gasteiger partial charge < -0.3 is 0 Å². The van der Waals surface area contributed by atoms with Crippen LogP contribution in [-0.2, 0) is 0 Å². The molecule has 0 bridgehead atoms. The minimum Gasteiger partial charge on any atom is -0.0928 e. The Morgan fingerprint density at radius 3 is 1.44 bits per heavy atom. The van der Waals surface area contributed by atoms with E-state index in [1.165, 1.54) is 0 Å². The number of halogens is 2. The van der Waals surface area contributed by atoms with Crippen molar-refractivity contribution in [3.8, 4) is 0 Å². The van der Waals surface area contributed by atoms with Crippen molar-refractivity contribution in [2.75, 3.05) is 10.6 Å². The van der Waals surface area contributed by atoms with Crippen LogP contribution in [0.5, 0.6) is 0 Å². The molecule has 9 heavy (non-hydrogen) atoms. The largest absolute Gasteiger partial charge is 0.0928 e. The minimum absolute atomic E-state index is 2.24. The number of rotatable bonds is 6. The van der Waals surface area contributed by atoms with Crippen molar-refractivity contribution < 1.29 is 19.2 Å². The predicted octanol–water partition coefficient (Wildman–Crippen LogP) is 3.73. The second-order valence-electron chi connectivity index (χ2n) is 0.814. The third kappa shape index (κ3) is 8.96. The van der Waals surface area contributed by atoms with Crippen LogP contribution in [0.4, 0.5) is 0 Å². The van der Waals surface area contributed by atoms with E-state index in [0.717, 1.165) is 0 Å². The van der Waals surface area contributed by atoms with E-state index in [9.17, 15) is 0 Å². The third-order valence-corrected chi connectivity index (χ3v) is 0.741. The molecule has 0 atom stereocenters. The van der Waals surface area contributed by atoms with E-state index < -0.39 is 42.4 Å². The lowest BCUT2D eigenvalue weighted by Crippen LogP contribution is -1.79. The molecular formula is C7H14Br2. The number of hydrogen-bond donors (Lipinski definition) is 0. The summed E-state index contributed by atoms with van der Waals surface area (Å²) in [6.45, 7) is 0. The first-order valence-electron chi connectivity index (χ1n) is 8.88. The van der Waals surface area contributed by atoms with Gasteiger partial charge in [0.2, 0.25) is 0 Å². The molecule has 0 aliphatic heterocycles. The van der Waals surface area contributed by atoms with Crippen LogP contribution in [-0.4, -0.2) is 10.6 Å². The summed E-state index contributed by atoms with van der Waals surface area (Å²) in [6.07, 6.45) is -18.9. The van der Waals surface area contributed by atoms with Crippen molar-refractivity contribution in [3.05, 3.63) is 0 Å². The molecule has 0 unspecified atom stereocenters. The molecule has 0 saturated heterocycles. The molecule has 0 aromatic carbocycles. The normalized spacial score (nSPS) is 44.2. The highest BCUT2D eigenvalue weighted by molar-refractivity contribution is 9.09. The van der Waals surface area contributed by atoms with Gasteiger partial charge in [-0.25, -0.2) is 0 Å². The lowest BCUT2D eigenvalue weighted by molar-refractivity contribution is 0.665. The average Bonchev–Trinajstić information content (AvgIpc) is 2.24. The first-order chi connectivity index (χ1) is 9.50. The monoisotopic (exact) mass is 270 g/mol. The van der Waals surface area contributed by atoms with Crippen molar-refractivity contribution in [1.29, 1.82) is 0 Å². The Balaban J connectivity index is 6.37. The topological polar surface area (TPSA) is 0 Å². The van der Waals surface area contributed by atoms with E-state index in [1.807, 2.05) is 0 Å². The number of hydrogen-bond acceptors (Lipinski definition) is 0. The highest BCUT2D eigenvalue weighted by Crippen LogP contribution is 2.05. The summed E-state index contributed by atoms with van der Waals surface area (Å²) in [5.41, 5.74) is 0. The predicted molar refractivity (Wildman–Crippen MR) is 50.7 cm³/mol. The van der Waals surface area contributed by atoms with Gasteiger partial charge in [0.1, 0.15) is 0 Å². The summed E-state index contributed by atoms with van der Waals surface area (Å²) in [6, 6.07) is 0. The van der Waals surface area contributed by atoms with E-state index in [2.05, 4.69) is 31.9 Å². The van der Waals surface area contributed by atoms with Crippen LogP contribution < -0.4 is 0 Å². The molecule has 0 amide bonds. The fourth-order valence-electron chi connectivity index (χ4n) is 0.141. The van der Waals surface area contributed by atoms with Crippen LogP contribution in [0.1, 0.15) is 51.1 Å². The van der Waals surface area contributed by atoms with Crippen LogP contribution in [0.15, 0.2) is 0 Å². The van der Waals surface area contributed by atoms with Gasteiger partial charge in [0.15, 0.2) is 0 Å². The first kappa shape index (κ1) is 1.52. The fourth-order valence-corrected chi connectivity index (χ4v) is 0.339. The van der Waals surface area contributed by atoms with Crippen molar-refractivity contribution in [3.63, 3.8) is 0 Å². The molecule has 0 rings (SSSR count). The van der Waals surface area contributed by atoms with Gasteiger partial charge in [-0.1, -0.05) is 51.0 Å². The van der Waals surface area contributed by atoms with E-state index in [0.29, 0.717) is 0 Å². The van der Waals surface area contributed by atoms with Gasteiger partial charge in [0.25, 0.3) is 0 Å². The van der Waals surface area contributed by atoms with Crippen molar-refractivity contribution in [1.82, 2.24) is 0 Å². The first-order valence-corrected chi connectivity index (χ1v) is 3.46. The molecule has 0 fully saturated rings. The van der Waals surface area contributed by atoms with Gasteiger partial charge in [0, 0.05) is 29.8 Å². The SMILES string of the molecule is [2H]C([2H])(Br)C([2H])([2H])C([2H])([2H])C([2H])([2H])C([2H])([2H])C([2H])([2H])C([2H])([2H])Br. The standard InChI is InChI=1S/C7H14Br2/c8-6-4-2-1-3-5-7-9/h1-7H2/i1D2,2D2,3D2,4D2,5D2,6D2,7D2. The van der Waals surface area contributed by atoms with Crippen LogP contribution in [0.25, 0.3) is 0 Å². The Hall–Kier alpha value is 0.960. The molecule has 0 radical (unpaired) electrons. The van der Waals surface area contributed by atoms with E-state index in [-0.39, 0.29) is 0 Å². The Morgan fingerprint density at radius 1 is 0.778 bits per heavy atom. The maximum atomic E-state index is 7.66.